The first-order chi connectivity index (χ1) is 12.2. The second kappa shape index (κ2) is 10.2. The summed E-state index contributed by atoms with van der Waals surface area (Å²) >= 11 is 0. The Morgan fingerprint density at radius 2 is 1.84 bits per heavy atom. The Labute approximate surface area is 148 Å². The predicted molar refractivity (Wildman–Crippen MR) is 96.2 cm³/mol. The predicted octanol–water partition coefficient (Wildman–Crippen LogP) is 4.00. The summed E-state index contributed by atoms with van der Waals surface area (Å²) in [6.45, 7) is 2.72. The molecule has 1 aromatic carbocycles. The van der Waals surface area contributed by atoms with Crippen molar-refractivity contribution in [1.29, 1.82) is 0 Å². The molecule has 0 aliphatic heterocycles. The molecule has 1 atom stereocenters. The molecule has 0 fully saturated rings. The van der Waals surface area contributed by atoms with Crippen LogP contribution in [0.15, 0.2) is 54.7 Å². The Kier molecular flexibility index (Phi) is 7.63. The molecule has 0 spiro atoms. The first-order valence-electron chi connectivity index (χ1n) is 8.56. The first kappa shape index (κ1) is 18.6. The Hall–Kier alpha value is -2.69. The van der Waals surface area contributed by atoms with Crippen LogP contribution in [0.2, 0.25) is 0 Å². The quantitative estimate of drug-likeness (QED) is 0.553. The van der Waals surface area contributed by atoms with E-state index in [9.17, 15) is 9.59 Å². The number of unbranched alkanes of at least 4 members (excludes halogenated alkanes) is 1. The van der Waals surface area contributed by atoms with E-state index in [0.29, 0.717) is 12.2 Å². The van der Waals surface area contributed by atoms with E-state index in [1.165, 1.54) is 0 Å². The summed E-state index contributed by atoms with van der Waals surface area (Å²) in [5, 5.41) is 2.73. The third-order valence-electron chi connectivity index (χ3n) is 3.91. The van der Waals surface area contributed by atoms with Crippen LogP contribution in [0.25, 0.3) is 0 Å². The Bertz CT molecular complexity index is 659. The number of amides is 1. The van der Waals surface area contributed by atoms with Gasteiger partial charge in [0.1, 0.15) is 12.3 Å². The van der Waals surface area contributed by atoms with Gasteiger partial charge in [-0.3, -0.25) is 9.78 Å². The smallest absolute Gasteiger partial charge is 0.407 e. The molecule has 1 heterocycles. The standard InChI is InChI=1S/C20H24N2O3/c1-16(19(23)18-12-6-8-13-21-18)9-5-7-14-22-20(24)25-15-17-10-3-2-4-11-17/h2-4,6,8,10-13,16H,5,7,9,14-15H2,1H3,(H,22,24)/t16-/m0/s1. The normalized spacial score (nSPS) is 11.6. The number of Topliss-reactive ketones (excluding diaryl/α,β-unsaturated/α-hetero) is 1. The molecule has 25 heavy (non-hydrogen) atoms. The van der Waals surface area contributed by atoms with Crippen LogP contribution in [-0.4, -0.2) is 23.4 Å². The maximum absolute atomic E-state index is 12.2. The number of ether oxygens (including phenoxy) is 1. The minimum atomic E-state index is -0.415. The van der Waals surface area contributed by atoms with Crippen molar-refractivity contribution in [3.63, 3.8) is 0 Å². The molecule has 2 rings (SSSR count). The Balaban J connectivity index is 1.56. The zero-order chi connectivity index (χ0) is 17.9. The van der Waals surface area contributed by atoms with Gasteiger partial charge in [-0.25, -0.2) is 4.79 Å². The third-order valence-corrected chi connectivity index (χ3v) is 3.91. The van der Waals surface area contributed by atoms with Gasteiger partial charge in [0.15, 0.2) is 5.78 Å². The van der Waals surface area contributed by atoms with E-state index in [2.05, 4.69) is 10.3 Å². The second-order valence-electron chi connectivity index (χ2n) is 5.96. The number of pyridine rings is 1. The van der Waals surface area contributed by atoms with E-state index >= 15 is 0 Å². The van der Waals surface area contributed by atoms with E-state index < -0.39 is 6.09 Å². The number of rotatable bonds is 9. The molecule has 132 valence electrons. The van der Waals surface area contributed by atoms with Gasteiger partial charge in [0, 0.05) is 18.7 Å². The van der Waals surface area contributed by atoms with E-state index in [4.69, 9.17) is 4.74 Å². The summed E-state index contributed by atoms with van der Waals surface area (Å²) in [4.78, 5) is 27.9. The molecule has 5 nitrogen and oxygen atoms in total. The molecular formula is C20H24N2O3. The number of aromatic nitrogens is 1. The van der Waals surface area contributed by atoms with Crippen molar-refractivity contribution in [2.45, 2.75) is 32.8 Å². The molecule has 0 radical (unpaired) electrons. The summed E-state index contributed by atoms with van der Waals surface area (Å²) in [6.07, 6.45) is 3.65. The molecule has 5 heteroatoms. The summed E-state index contributed by atoms with van der Waals surface area (Å²) in [5.41, 5.74) is 1.47. The molecule has 1 N–H and O–H groups in total. The lowest BCUT2D eigenvalue weighted by Crippen LogP contribution is -2.25. The number of nitrogens with one attached hydrogen (secondary N) is 1. The molecule has 0 aliphatic carbocycles. The van der Waals surface area contributed by atoms with Gasteiger partial charge in [0.05, 0.1) is 0 Å². The molecule has 0 bridgehead atoms. The van der Waals surface area contributed by atoms with E-state index in [0.717, 1.165) is 24.8 Å². The number of ketones is 1. The average molecular weight is 340 g/mol. The van der Waals surface area contributed by atoms with Gasteiger partial charge in [0.25, 0.3) is 0 Å². The van der Waals surface area contributed by atoms with Crippen LogP contribution in [-0.2, 0) is 11.3 Å². The van der Waals surface area contributed by atoms with Crippen LogP contribution in [0.5, 0.6) is 0 Å². The summed E-state index contributed by atoms with van der Waals surface area (Å²) in [5.74, 6) is -0.00392. The zero-order valence-corrected chi connectivity index (χ0v) is 14.5. The molecule has 0 unspecified atom stereocenters. The van der Waals surface area contributed by atoms with Crippen molar-refractivity contribution in [2.24, 2.45) is 5.92 Å². The molecule has 1 aromatic heterocycles. The van der Waals surface area contributed by atoms with Crippen molar-refractivity contribution < 1.29 is 14.3 Å². The second-order valence-corrected chi connectivity index (χ2v) is 5.96. The van der Waals surface area contributed by atoms with Gasteiger partial charge in [-0.05, 0) is 30.5 Å². The van der Waals surface area contributed by atoms with Gasteiger partial charge in [-0.2, -0.15) is 0 Å². The van der Waals surface area contributed by atoms with Crippen LogP contribution in [0.4, 0.5) is 4.79 Å². The lowest BCUT2D eigenvalue weighted by molar-refractivity contribution is 0.0916. The number of carbonyl (C=O) groups is 2. The van der Waals surface area contributed by atoms with Gasteiger partial charge < -0.3 is 10.1 Å². The van der Waals surface area contributed by atoms with Crippen LogP contribution < -0.4 is 5.32 Å². The minimum Gasteiger partial charge on any atom is -0.445 e. The number of hydrogen-bond donors (Lipinski definition) is 1. The lowest BCUT2D eigenvalue weighted by atomic mass is 9.97. The van der Waals surface area contributed by atoms with Gasteiger partial charge >= 0.3 is 6.09 Å². The van der Waals surface area contributed by atoms with Crippen LogP contribution >= 0.6 is 0 Å². The van der Waals surface area contributed by atoms with Gasteiger partial charge in [0.2, 0.25) is 0 Å². The third kappa shape index (κ3) is 6.75. The molecular weight excluding hydrogens is 316 g/mol. The fourth-order valence-corrected chi connectivity index (χ4v) is 2.43. The topological polar surface area (TPSA) is 68.3 Å². The fraction of sp³-hybridized carbons (Fsp3) is 0.350. The van der Waals surface area contributed by atoms with E-state index in [-0.39, 0.29) is 18.3 Å². The highest BCUT2D eigenvalue weighted by Crippen LogP contribution is 2.13. The van der Waals surface area contributed by atoms with Crippen molar-refractivity contribution in [1.82, 2.24) is 10.3 Å². The highest BCUT2D eigenvalue weighted by atomic mass is 16.5. The zero-order valence-electron chi connectivity index (χ0n) is 14.5. The molecule has 1 amide bonds. The maximum atomic E-state index is 12.2. The molecule has 0 aliphatic rings. The maximum Gasteiger partial charge on any atom is 0.407 e. The van der Waals surface area contributed by atoms with E-state index in [1.54, 1.807) is 18.3 Å². The Morgan fingerprint density at radius 1 is 1.08 bits per heavy atom. The SMILES string of the molecule is C[C@@H](CCCCNC(=O)OCc1ccccc1)C(=O)c1ccccn1. The summed E-state index contributed by atoms with van der Waals surface area (Å²) in [6, 6.07) is 14.9. The number of benzene rings is 1. The number of nitrogens with zero attached hydrogens (tertiary/aromatic N) is 1. The lowest BCUT2D eigenvalue weighted by Gasteiger charge is -2.10. The van der Waals surface area contributed by atoms with Gasteiger partial charge in [-0.15, -0.1) is 0 Å². The van der Waals surface area contributed by atoms with Gasteiger partial charge in [-0.1, -0.05) is 49.7 Å². The summed E-state index contributed by atoms with van der Waals surface area (Å²) < 4.78 is 5.14. The van der Waals surface area contributed by atoms with Crippen molar-refractivity contribution in [3.05, 3.63) is 66.0 Å². The van der Waals surface area contributed by atoms with Crippen molar-refractivity contribution in [3.8, 4) is 0 Å². The van der Waals surface area contributed by atoms with E-state index in [1.807, 2.05) is 43.3 Å². The summed E-state index contributed by atoms with van der Waals surface area (Å²) in [7, 11) is 0. The average Bonchev–Trinajstić information content (AvgIpc) is 2.67. The largest absolute Gasteiger partial charge is 0.445 e. The van der Waals surface area contributed by atoms with Crippen LogP contribution in [0.1, 0.15) is 42.2 Å². The van der Waals surface area contributed by atoms with Crippen LogP contribution in [0, 0.1) is 5.92 Å². The minimum absolute atomic E-state index is 0.0656. The van der Waals surface area contributed by atoms with Crippen molar-refractivity contribution >= 4 is 11.9 Å². The Morgan fingerprint density at radius 3 is 2.56 bits per heavy atom. The number of carbonyl (C=O) groups excluding carboxylic acids is 2. The molecule has 0 saturated heterocycles. The van der Waals surface area contributed by atoms with Crippen LogP contribution in [0.3, 0.4) is 0 Å². The fourth-order valence-electron chi connectivity index (χ4n) is 2.43. The first-order valence-corrected chi connectivity index (χ1v) is 8.56. The highest BCUT2D eigenvalue weighted by molar-refractivity contribution is 5.95. The highest BCUT2D eigenvalue weighted by Gasteiger charge is 2.15. The molecule has 2 aromatic rings. The molecule has 0 saturated carbocycles. The monoisotopic (exact) mass is 340 g/mol. The van der Waals surface area contributed by atoms with Crippen molar-refractivity contribution in [2.75, 3.05) is 6.54 Å². The number of hydrogen-bond acceptors (Lipinski definition) is 4. The number of alkyl carbamates (subject to hydrolysis) is 1.